The molecule has 0 aliphatic carbocycles. The van der Waals surface area contributed by atoms with Crippen molar-refractivity contribution in [2.75, 3.05) is 5.88 Å². The Kier molecular flexibility index (Phi) is 6.53. The van der Waals surface area contributed by atoms with Crippen molar-refractivity contribution >= 4 is 27.5 Å². The first-order valence-electron chi connectivity index (χ1n) is 5.87. The standard InChI is InChI=1S/C13H17BrClF2N/c1-8(2)5-9(6-15)18-7-10-12(16)4-3-11(14)13(10)17/h3-4,8-9,18H,5-7H2,1-2H3. The topological polar surface area (TPSA) is 12.0 Å². The second-order valence-corrected chi connectivity index (χ2v) is 5.85. The summed E-state index contributed by atoms with van der Waals surface area (Å²) in [6.07, 6.45) is 0.876. The third kappa shape index (κ3) is 4.48. The zero-order valence-corrected chi connectivity index (χ0v) is 12.8. The lowest BCUT2D eigenvalue weighted by Gasteiger charge is -2.18. The molecule has 5 heteroatoms. The number of hydrogen-bond acceptors (Lipinski definition) is 1. The van der Waals surface area contributed by atoms with Gasteiger partial charge >= 0.3 is 0 Å². The maximum atomic E-state index is 13.7. The highest BCUT2D eigenvalue weighted by atomic mass is 79.9. The summed E-state index contributed by atoms with van der Waals surface area (Å²) < 4.78 is 27.5. The van der Waals surface area contributed by atoms with Crippen molar-refractivity contribution in [1.29, 1.82) is 0 Å². The molecule has 0 saturated carbocycles. The molecule has 1 nitrogen and oxygen atoms in total. The molecule has 18 heavy (non-hydrogen) atoms. The van der Waals surface area contributed by atoms with Gasteiger partial charge in [-0.25, -0.2) is 8.78 Å². The fourth-order valence-electron chi connectivity index (χ4n) is 1.75. The molecular weight excluding hydrogens is 324 g/mol. The van der Waals surface area contributed by atoms with Gasteiger partial charge in [0.15, 0.2) is 0 Å². The van der Waals surface area contributed by atoms with E-state index < -0.39 is 11.6 Å². The molecular formula is C13H17BrClF2N. The number of benzene rings is 1. The first-order chi connectivity index (χ1) is 8.45. The number of rotatable bonds is 6. The summed E-state index contributed by atoms with van der Waals surface area (Å²) >= 11 is 8.88. The molecule has 0 saturated heterocycles. The molecule has 0 amide bonds. The van der Waals surface area contributed by atoms with Gasteiger partial charge in [0.25, 0.3) is 0 Å². The number of nitrogens with one attached hydrogen (secondary N) is 1. The van der Waals surface area contributed by atoms with Crippen LogP contribution in [0.15, 0.2) is 16.6 Å². The zero-order chi connectivity index (χ0) is 13.7. The predicted octanol–water partition coefficient (Wildman–Crippen LogP) is 4.47. The third-order valence-corrected chi connectivity index (χ3v) is 3.63. The summed E-state index contributed by atoms with van der Waals surface area (Å²) in [5.41, 5.74) is 0.0447. The van der Waals surface area contributed by atoms with E-state index in [1.165, 1.54) is 12.1 Å². The third-order valence-electron chi connectivity index (χ3n) is 2.65. The van der Waals surface area contributed by atoms with Gasteiger partial charge in [0.05, 0.1) is 4.47 Å². The highest BCUT2D eigenvalue weighted by Gasteiger charge is 2.15. The Morgan fingerprint density at radius 1 is 1.33 bits per heavy atom. The molecule has 1 rings (SSSR count). The normalized spacial score (nSPS) is 13.1. The first-order valence-corrected chi connectivity index (χ1v) is 7.20. The summed E-state index contributed by atoms with van der Waals surface area (Å²) in [5, 5.41) is 3.09. The second kappa shape index (κ2) is 7.41. The minimum atomic E-state index is -0.555. The molecule has 1 N–H and O–H groups in total. The zero-order valence-electron chi connectivity index (χ0n) is 10.4. The van der Waals surface area contributed by atoms with Gasteiger partial charge in [-0.05, 0) is 40.4 Å². The molecule has 1 aromatic carbocycles. The molecule has 0 spiro atoms. The smallest absolute Gasteiger partial charge is 0.144 e. The lowest BCUT2D eigenvalue weighted by Crippen LogP contribution is -2.32. The SMILES string of the molecule is CC(C)CC(CCl)NCc1c(F)ccc(Br)c1F. The number of halogens is 4. The van der Waals surface area contributed by atoms with Crippen molar-refractivity contribution < 1.29 is 8.78 Å². The lowest BCUT2D eigenvalue weighted by molar-refractivity contribution is 0.433. The largest absolute Gasteiger partial charge is 0.309 e. The molecule has 0 radical (unpaired) electrons. The van der Waals surface area contributed by atoms with Crippen LogP contribution in [0.25, 0.3) is 0 Å². The second-order valence-electron chi connectivity index (χ2n) is 4.68. The summed E-state index contributed by atoms with van der Waals surface area (Å²) in [7, 11) is 0. The average molecular weight is 341 g/mol. The van der Waals surface area contributed by atoms with Crippen molar-refractivity contribution in [3.63, 3.8) is 0 Å². The van der Waals surface area contributed by atoms with E-state index in [2.05, 4.69) is 35.1 Å². The van der Waals surface area contributed by atoms with Crippen LogP contribution in [0.2, 0.25) is 0 Å². The molecule has 0 bridgehead atoms. The fourth-order valence-corrected chi connectivity index (χ4v) is 2.35. The van der Waals surface area contributed by atoms with E-state index in [1.807, 2.05) is 0 Å². The predicted molar refractivity (Wildman–Crippen MR) is 74.9 cm³/mol. The molecule has 1 atom stereocenters. The van der Waals surface area contributed by atoms with Crippen LogP contribution in [0.1, 0.15) is 25.8 Å². The van der Waals surface area contributed by atoms with Crippen LogP contribution < -0.4 is 5.32 Å². The Labute approximate surface area is 120 Å². The summed E-state index contributed by atoms with van der Waals surface area (Å²) in [5.74, 6) is -0.185. The van der Waals surface area contributed by atoms with Crippen LogP contribution in [0, 0.1) is 17.6 Å². The minimum absolute atomic E-state index is 0.0447. The summed E-state index contributed by atoms with van der Waals surface area (Å²) in [4.78, 5) is 0. The molecule has 1 unspecified atom stereocenters. The van der Waals surface area contributed by atoms with Gasteiger partial charge in [-0.15, -0.1) is 11.6 Å². The lowest BCUT2D eigenvalue weighted by atomic mass is 10.0. The maximum absolute atomic E-state index is 13.7. The fraction of sp³-hybridized carbons (Fsp3) is 0.538. The van der Waals surface area contributed by atoms with Gasteiger partial charge in [-0.2, -0.15) is 0 Å². The van der Waals surface area contributed by atoms with E-state index in [0.29, 0.717) is 11.8 Å². The van der Waals surface area contributed by atoms with Crippen LogP contribution in [-0.2, 0) is 6.54 Å². The van der Waals surface area contributed by atoms with Gasteiger partial charge < -0.3 is 5.32 Å². The van der Waals surface area contributed by atoms with Crippen LogP contribution in [0.3, 0.4) is 0 Å². The van der Waals surface area contributed by atoms with Crippen LogP contribution >= 0.6 is 27.5 Å². The molecule has 0 fully saturated rings. The quantitative estimate of drug-likeness (QED) is 0.595. The van der Waals surface area contributed by atoms with Crippen molar-refractivity contribution in [3.8, 4) is 0 Å². The number of alkyl halides is 1. The van der Waals surface area contributed by atoms with Crippen LogP contribution in [0.5, 0.6) is 0 Å². The molecule has 0 aliphatic heterocycles. The van der Waals surface area contributed by atoms with E-state index in [9.17, 15) is 8.78 Å². The Bertz CT molecular complexity index is 399. The van der Waals surface area contributed by atoms with E-state index in [-0.39, 0.29) is 22.6 Å². The van der Waals surface area contributed by atoms with E-state index in [4.69, 9.17) is 11.6 Å². The van der Waals surface area contributed by atoms with Gasteiger partial charge in [0.2, 0.25) is 0 Å². The van der Waals surface area contributed by atoms with Crippen molar-refractivity contribution in [2.24, 2.45) is 5.92 Å². The monoisotopic (exact) mass is 339 g/mol. The van der Waals surface area contributed by atoms with Gasteiger partial charge in [-0.3, -0.25) is 0 Å². The van der Waals surface area contributed by atoms with Gasteiger partial charge in [0, 0.05) is 24.0 Å². The van der Waals surface area contributed by atoms with Crippen molar-refractivity contribution in [2.45, 2.75) is 32.9 Å². The van der Waals surface area contributed by atoms with E-state index in [1.54, 1.807) is 0 Å². The van der Waals surface area contributed by atoms with E-state index >= 15 is 0 Å². The molecule has 0 aliphatic rings. The van der Waals surface area contributed by atoms with Gasteiger partial charge in [0.1, 0.15) is 11.6 Å². The molecule has 0 aromatic heterocycles. The Morgan fingerprint density at radius 3 is 2.56 bits per heavy atom. The van der Waals surface area contributed by atoms with Crippen molar-refractivity contribution in [3.05, 3.63) is 33.8 Å². The minimum Gasteiger partial charge on any atom is -0.309 e. The Morgan fingerprint density at radius 2 is 2.00 bits per heavy atom. The summed E-state index contributed by atoms with van der Waals surface area (Å²) in [6.45, 7) is 4.31. The number of hydrogen-bond donors (Lipinski definition) is 1. The molecule has 1 aromatic rings. The maximum Gasteiger partial charge on any atom is 0.144 e. The molecule has 0 heterocycles. The summed E-state index contributed by atoms with van der Waals surface area (Å²) in [6, 6.07) is 2.67. The van der Waals surface area contributed by atoms with Crippen LogP contribution in [-0.4, -0.2) is 11.9 Å². The molecule has 102 valence electrons. The Balaban J connectivity index is 2.70. The Hall–Kier alpha value is -0.190. The highest BCUT2D eigenvalue weighted by Crippen LogP contribution is 2.21. The first kappa shape index (κ1) is 15.9. The van der Waals surface area contributed by atoms with E-state index in [0.717, 1.165) is 6.42 Å². The van der Waals surface area contributed by atoms with Crippen molar-refractivity contribution in [1.82, 2.24) is 5.32 Å². The van der Waals surface area contributed by atoms with Gasteiger partial charge in [-0.1, -0.05) is 13.8 Å². The highest BCUT2D eigenvalue weighted by molar-refractivity contribution is 9.10. The average Bonchev–Trinajstić information content (AvgIpc) is 2.32. The van der Waals surface area contributed by atoms with Crippen LogP contribution in [0.4, 0.5) is 8.78 Å².